The molecular weight excluding hydrogens is 719 g/mol. The predicted octanol–water partition coefficient (Wildman–Crippen LogP) is 13.4. The van der Waals surface area contributed by atoms with Crippen LogP contribution in [-0.4, -0.2) is 15.0 Å². The van der Waals surface area contributed by atoms with Crippen LogP contribution < -0.4 is 4.74 Å². The molecule has 0 radical (unpaired) electrons. The maximum absolute atomic E-state index is 6.91. The molecule has 0 fully saturated rings. The molecule has 4 aliphatic rings. The summed E-state index contributed by atoms with van der Waals surface area (Å²) in [6, 6.07) is 58.4. The second-order valence-electron chi connectivity index (χ2n) is 16.6. The minimum Gasteiger partial charge on any atom is -0.457 e. The van der Waals surface area contributed by atoms with E-state index < -0.39 is 5.41 Å². The lowest BCUT2D eigenvalue weighted by Gasteiger charge is -2.40. The van der Waals surface area contributed by atoms with Crippen LogP contribution in [0.2, 0.25) is 0 Å². The molecule has 280 valence electrons. The van der Waals surface area contributed by atoms with Crippen LogP contribution in [0.4, 0.5) is 0 Å². The van der Waals surface area contributed by atoms with Crippen LogP contribution in [0.25, 0.3) is 62.0 Å². The van der Waals surface area contributed by atoms with Gasteiger partial charge in [-0.15, -0.1) is 0 Å². The maximum atomic E-state index is 6.91. The summed E-state index contributed by atoms with van der Waals surface area (Å²) < 4.78 is 6.91. The van der Waals surface area contributed by atoms with Crippen molar-refractivity contribution >= 4 is 5.57 Å². The third-order valence-electron chi connectivity index (χ3n) is 13.1. The molecule has 2 heterocycles. The van der Waals surface area contributed by atoms with Gasteiger partial charge >= 0.3 is 0 Å². The van der Waals surface area contributed by atoms with E-state index in [0.717, 1.165) is 57.7 Å². The lowest BCUT2D eigenvalue weighted by atomic mass is 9.64. The van der Waals surface area contributed by atoms with Crippen LogP contribution in [0, 0.1) is 0 Å². The molecule has 0 saturated carbocycles. The Labute approximate surface area is 344 Å². The lowest BCUT2D eigenvalue weighted by molar-refractivity contribution is 0.436. The molecule has 0 saturated heterocycles. The highest BCUT2D eigenvalue weighted by atomic mass is 16.5. The van der Waals surface area contributed by atoms with Crippen molar-refractivity contribution in [1.29, 1.82) is 0 Å². The quantitative estimate of drug-likeness (QED) is 0.179. The SMILES string of the molecule is CC1(C)c2ccccc2-c2ccc(-c3nc(-c4ccccc4)nc(-c4ccccc4-c4ccc5c(c4)Oc4ccccc4C54C5=C(CCC=C5)c5ccccc54)n3)cc21. The Hall–Kier alpha value is -7.17. The molecule has 1 atom stereocenters. The average Bonchev–Trinajstić information content (AvgIpc) is 3.72. The van der Waals surface area contributed by atoms with Gasteiger partial charge in [0.2, 0.25) is 0 Å². The first-order valence-electron chi connectivity index (χ1n) is 20.6. The molecule has 59 heavy (non-hydrogen) atoms. The van der Waals surface area contributed by atoms with Gasteiger partial charge in [-0.3, -0.25) is 0 Å². The summed E-state index contributed by atoms with van der Waals surface area (Å²) in [5, 5.41) is 0. The number of para-hydroxylation sites is 1. The van der Waals surface area contributed by atoms with Gasteiger partial charge in [0.15, 0.2) is 17.5 Å². The predicted molar refractivity (Wildman–Crippen MR) is 237 cm³/mol. The van der Waals surface area contributed by atoms with Crippen molar-refractivity contribution in [3.63, 3.8) is 0 Å². The van der Waals surface area contributed by atoms with Gasteiger partial charge in [0.05, 0.1) is 5.41 Å². The van der Waals surface area contributed by atoms with E-state index in [2.05, 4.69) is 172 Å². The number of allylic oxidation sites excluding steroid dienone is 4. The molecule has 4 nitrogen and oxygen atoms in total. The van der Waals surface area contributed by atoms with Crippen molar-refractivity contribution in [2.45, 2.75) is 37.5 Å². The van der Waals surface area contributed by atoms with E-state index in [1.165, 1.54) is 50.1 Å². The van der Waals surface area contributed by atoms with Crippen LogP contribution in [0.15, 0.2) is 182 Å². The van der Waals surface area contributed by atoms with Crippen LogP contribution in [-0.2, 0) is 10.8 Å². The zero-order valence-corrected chi connectivity index (χ0v) is 32.9. The van der Waals surface area contributed by atoms with Gasteiger partial charge in [0, 0.05) is 33.2 Å². The number of aromatic nitrogens is 3. The zero-order valence-electron chi connectivity index (χ0n) is 32.9. The van der Waals surface area contributed by atoms with Crippen molar-refractivity contribution in [2.24, 2.45) is 0 Å². The normalized spacial score (nSPS) is 17.4. The monoisotopic (exact) mass is 757 g/mol. The molecule has 3 aliphatic carbocycles. The molecule has 7 aromatic carbocycles. The lowest BCUT2D eigenvalue weighted by Crippen LogP contribution is -2.33. The summed E-state index contributed by atoms with van der Waals surface area (Å²) in [5.74, 6) is 3.67. The Bertz CT molecular complexity index is 3120. The standard InChI is InChI=1S/C55H39N3O/c1-54(2)43-23-11-8-19-38(43)41-30-28-36(32-48(41)54)52-56-51(34-16-4-3-5-17-34)57-53(58-52)42-22-7-6-18-37(42)35-29-31-47-50(33-35)59-49-27-15-14-26-46(49)55(47)44-24-12-9-20-39(44)40-21-10-13-25-45(40)55/h3-9,11-20,22-33H,10,21H2,1-2H3. The van der Waals surface area contributed by atoms with Gasteiger partial charge < -0.3 is 4.74 Å². The molecule has 0 N–H and O–H groups in total. The molecule has 0 bridgehead atoms. The van der Waals surface area contributed by atoms with E-state index in [0.29, 0.717) is 17.5 Å². The van der Waals surface area contributed by atoms with E-state index in [1.807, 2.05) is 18.2 Å². The minimum atomic E-state index is -0.468. The number of ether oxygens (including phenoxy) is 1. The highest BCUT2D eigenvalue weighted by Gasteiger charge is 2.51. The van der Waals surface area contributed by atoms with Crippen molar-refractivity contribution in [3.8, 4) is 67.9 Å². The van der Waals surface area contributed by atoms with Crippen LogP contribution in [0.3, 0.4) is 0 Å². The topological polar surface area (TPSA) is 47.9 Å². The molecular formula is C55H39N3O. The van der Waals surface area contributed by atoms with E-state index >= 15 is 0 Å². The Morgan fingerprint density at radius 3 is 1.88 bits per heavy atom. The Morgan fingerprint density at radius 1 is 0.441 bits per heavy atom. The summed E-state index contributed by atoms with van der Waals surface area (Å²) in [6.07, 6.45) is 6.79. The summed E-state index contributed by atoms with van der Waals surface area (Å²) in [7, 11) is 0. The molecule has 8 aromatic rings. The van der Waals surface area contributed by atoms with E-state index in [4.69, 9.17) is 19.7 Å². The number of hydrogen-bond donors (Lipinski definition) is 0. The van der Waals surface area contributed by atoms with Gasteiger partial charge in [0.1, 0.15) is 11.5 Å². The fraction of sp³-hybridized carbons (Fsp3) is 0.109. The second-order valence-corrected chi connectivity index (χ2v) is 16.6. The Balaban J connectivity index is 1.03. The molecule has 1 spiro atoms. The number of nitrogens with zero attached hydrogens (tertiary/aromatic N) is 3. The fourth-order valence-electron chi connectivity index (χ4n) is 10.4. The van der Waals surface area contributed by atoms with Crippen molar-refractivity contribution in [1.82, 2.24) is 15.0 Å². The summed E-state index contributed by atoms with van der Waals surface area (Å²) in [5.41, 5.74) is 17.3. The molecule has 1 aliphatic heterocycles. The highest BCUT2D eigenvalue weighted by molar-refractivity contribution is 5.91. The smallest absolute Gasteiger partial charge is 0.164 e. The first-order valence-corrected chi connectivity index (χ1v) is 20.6. The first-order chi connectivity index (χ1) is 29.0. The number of fused-ring (bicyclic) bond motifs is 11. The van der Waals surface area contributed by atoms with E-state index in [-0.39, 0.29) is 5.41 Å². The molecule has 0 amide bonds. The van der Waals surface area contributed by atoms with Crippen LogP contribution in [0.1, 0.15) is 60.1 Å². The van der Waals surface area contributed by atoms with Gasteiger partial charge in [-0.25, -0.2) is 15.0 Å². The molecule has 1 aromatic heterocycles. The third-order valence-corrected chi connectivity index (χ3v) is 13.1. The largest absolute Gasteiger partial charge is 0.457 e. The number of benzene rings is 7. The maximum Gasteiger partial charge on any atom is 0.164 e. The van der Waals surface area contributed by atoms with E-state index in [1.54, 1.807) is 0 Å². The molecule has 4 heteroatoms. The van der Waals surface area contributed by atoms with Gasteiger partial charge in [-0.05, 0) is 86.7 Å². The second kappa shape index (κ2) is 12.7. The fourth-order valence-corrected chi connectivity index (χ4v) is 10.4. The van der Waals surface area contributed by atoms with E-state index in [9.17, 15) is 0 Å². The van der Waals surface area contributed by atoms with Crippen molar-refractivity contribution < 1.29 is 4.74 Å². The average molecular weight is 758 g/mol. The summed E-state index contributed by atoms with van der Waals surface area (Å²) >= 11 is 0. The van der Waals surface area contributed by atoms with Gasteiger partial charge in [0.25, 0.3) is 0 Å². The van der Waals surface area contributed by atoms with Crippen LogP contribution >= 0.6 is 0 Å². The zero-order chi connectivity index (χ0) is 39.3. The number of hydrogen-bond acceptors (Lipinski definition) is 4. The van der Waals surface area contributed by atoms with Crippen molar-refractivity contribution in [3.05, 3.63) is 215 Å². The summed E-state index contributed by atoms with van der Waals surface area (Å²) in [6.45, 7) is 4.61. The van der Waals surface area contributed by atoms with Crippen molar-refractivity contribution in [2.75, 3.05) is 0 Å². The molecule has 1 unspecified atom stereocenters. The van der Waals surface area contributed by atoms with Gasteiger partial charge in [-0.2, -0.15) is 0 Å². The summed E-state index contributed by atoms with van der Waals surface area (Å²) in [4.78, 5) is 15.6. The number of rotatable bonds is 4. The minimum absolute atomic E-state index is 0.147. The highest BCUT2D eigenvalue weighted by Crippen LogP contribution is 2.63. The third kappa shape index (κ3) is 4.87. The van der Waals surface area contributed by atoms with Crippen LogP contribution in [0.5, 0.6) is 11.5 Å². The molecule has 12 rings (SSSR count). The Kier molecular flexibility index (Phi) is 7.28. The van der Waals surface area contributed by atoms with Gasteiger partial charge in [-0.1, -0.05) is 172 Å². The Morgan fingerprint density at radius 2 is 1.05 bits per heavy atom. The first kappa shape index (κ1) is 33.9.